The summed E-state index contributed by atoms with van der Waals surface area (Å²) in [5.41, 5.74) is 5.40. The van der Waals surface area contributed by atoms with Crippen molar-refractivity contribution in [3.05, 3.63) is 18.0 Å². The van der Waals surface area contributed by atoms with Crippen LogP contribution in [0.25, 0.3) is 0 Å². The van der Waals surface area contributed by atoms with Crippen LogP contribution >= 0.6 is 0 Å². The van der Waals surface area contributed by atoms with E-state index < -0.39 is 15.9 Å². The molecule has 3 N–H and O–H groups in total. The van der Waals surface area contributed by atoms with E-state index in [-0.39, 0.29) is 35.8 Å². The van der Waals surface area contributed by atoms with Crippen LogP contribution in [0.4, 0.5) is 4.79 Å². The maximum atomic E-state index is 12.8. The molecule has 0 bridgehead atoms. The summed E-state index contributed by atoms with van der Waals surface area (Å²) in [5.74, 6) is -0.681. The van der Waals surface area contributed by atoms with E-state index in [1.54, 1.807) is 11.9 Å². The van der Waals surface area contributed by atoms with Crippen molar-refractivity contribution in [3.63, 3.8) is 0 Å². The van der Waals surface area contributed by atoms with Gasteiger partial charge in [0, 0.05) is 45.5 Å². The number of nitrogens with one attached hydrogen (secondary N) is 1. The van der Waals surface area contributed by atoms with Gasteiger partial charge in [-0.3, -0.25) is 4.79 Å². The predicted molar refractivity (Wildman–Crippen MR) is 111 cm³/mol. The van der Waals surface area contributed by atoms with Gasteiger partial charge in [-0.2, -0.15) is 4.31 Å². The van der Waals surface area contributed by atoms with Crippen LogP contribution in [0.5, 0.6) is 0 Å². The number of hydrogen-bond donors (Lipinski definition) is 2. The molecule has 2 rings (SSSR count). The lowest BCUT2D eigenvalue weighted by atomic mass is 10.1. The molecule has 1 aliphatic heterocycles. The van der Waals surface area contributed by atoms with Crippen molar-refractivity contribution in [2.75, 3.05) is 26.2 Å². The number of primary amides is 1. The first kappa shape index (κ1) is 23.2. The number of hydrogen-bond acceptors (Lipinski definition) is 4. The summed E-state index contributed by atoms with van der Waals surface area (Å²) in [5, 5.41) is 3.00. The number of amides is 3. The van der Waals surface area contributed by atoms with Crippen molar-refractivity contribution in [3.8, 4) is 0 Å². The van der Waals surface area contributed by atoms with E-state index in [4.69, 9.17) is 5.73 Å². The first-order valence-corrected chi connectivity index (χ1v) is 11.6. The monoisotopic (exact) mass is 427 g/mol. The zero-order chi connectivity index (χ0) is 21.6. The van der Waals surface area contributed by atoms with E-state index >= 15 is 0 Å². The molecule has 0 saturated carbocycles. The molecule has 10 heteroatoms. The molecule has 1 atom stereocenters. The molecule has 1 unspecified atom stereocenters. The van der Waals surface area contributed by atoms with Crippen LogP contribution in [-0.2, 0) is 17.1 Å². The Balaban J connectivity index is 1.88. The van der Waals surface area contributed by atoms with E-state index in [0.29, 0.717) is 13.1 Å². The molecule has 3 amide bonds. The zero-order valence-corrected chi connectivity index (χ0v) is 18.4. The minimum atomic E-state index is -3.74. The molecule has 0 aliphatic carbocycles. The summed E-state index contributed by atoms with van der Waals surface area (Å²) in [4.78, 5) is 25.5. The standard InChI is InChI=1S/C19H33N5O4S/c1-4-5-6-7-8-15(2)21-19(26)23-9-11-24(12-10-23)29(27,28)16-13-17(18(20)25)22(3)14-16/h13-15H,4-12H2,1-3H3,(H2,20,25)(H,21,26). The quantitative estimate of drug-likeness (QED) is 0.581. The second-order valence-electron chi connectivity index (χ2n) is 7.63. The highest BCUT2D eigenvalue weighted by atomic mass is 32.2. The minimum absolute atomic E-state index is 0.0346. The Morgan fingerprint density at radius 1 is 1.17 bits per heavy atom. The van der Waals surface area contributed by atoms with Gasteiger partial charge in [-0.15, -0.1) is 0 Å². The number of urea groups is 1. The summed E-state index contributed by atoms with van der Waals surface area (Å²) in [7, 11) is -2.17. The van der Waals surface area contributed by atoms with E-state index in [0.717, 1.165) is 12.8 Å². The van der Waals surface area contributed by atoms with E-state index in [1.807, 2.05) is 6.92 Å². The Kier molecular flexibility index (Phi) is 8.09. The molecule has 0 spiro atoms. The molecule has 164 valence electrons. The fourth-order valence-corrected chi connectivity index (χ4v) is 4.95. The summed E-state index contributed by atoms with van der Waals surface area (Å²) < 4.78 is 28.4. The molecule has 1 aromatic rings. The highest BCUT2D eigenvalue weighted by Gasteiger charge is 2.31. The number of sulfonamides is 1. The molecule has 0 aromatic carbocycles. The van der Waals surface area contributed by atoms with E-state index in [2.05, 4.69) is 12.2 Å². The van der Waals surface area contributed by atoms with E-state index in [1.165, 1.54) is 40.4 Å². The number of carbonyl (C=O) groups excluding carboxylic acids is 2. The lowest BCUT2D eigenvalue weighted by molar-refractivity contribution is 0.0992. The zero-order valence-electron chi connectivity index (χ0n) is 17.6. The number of rotatable bonds is 9. The van der Waals surface area contributed by atoms with Gasteiger partial charge in [-0.25, -0.2) is 13.2 Å². The van der Waals surface area contributed by atoms with Crippen molar-refractivity contribution >= 4 is 22.0 Å². The van der Waals surface area contributed by atoms with Crippen LogP contribution in [0.3, 0.4) is 0 Å². The summed E-state index contributed by atoms with van der Waals surface area (Å²) in [6.45, 7) is 5.23. The second kappa shape index (κ2) is 10.1. The Bertz CT molecular complexity index is 813. The maximum absolute atomic E-state index is 12.8. The topological polar surface area (TPSA) is 118 Å². The maximum Gasteiger partial charge on any atom is 0.317 e. The SMILES string of the molecule is CCCCCCC(C)NC(=O)N1CCN(S(=O)(=O)c2cc(C(N)=O)n(C)c2)CC1. The number of aromatic nitrogens is 1. The van der Waals surface area contributed by atoms with Crippen LogP contribution in [0.2, 0.25) is 0 Å². The Hall–Kier alpha value is -2.07. The molecule has 1 fully saturated rings. The van der Waals surface area contributed by atoms with Gasteiger partial charge in [0.15, 0.2) is 0 Å². The van der Waals surface area contributed by atoms with Crippen LogP contribution in [0, 0.1) is 0 Å². The third-order valence-electron chi connectivity index (χ3n) is 5.26. The molecule has 1 aromatic heterocycles. The highest BCUT2D eigenvalue weighted by Crippen LogP contribution is 2.20. The summed E-state index contributed by atoms with van der Waals surface area (Å²) in [6, 6.07) is 1.23. The first-order valence-electron chi connectivity index (χ1n) is 10.2. The molecule has 0 radical (unpaired) electrons. The molecular weight excluding hydrogens is 394 g/mol. The fourth-order valence-electron chi connectivity index (χ4n) is 3.45. The molecule has 1 aliphatic rings. The molecule has 2 heterocycles. The largest absolute Gasteiger partial charge is 0.364 e. The normalized spacial score (nSPS) is 16.6. The van der Waals surface area contributed by atoms with Crippen molar-refractivity contribution in [1.82, 2.24) is 19.1 Å². The lowest BCUT2D eigenvalue weighted by Gasteiger charge is -2.34. The Labute approximate surface area is 173 Å². The van der Waals surface area contributed by atoms with Gasteiger partial charge < -0.3 is 20.5 Å². The van der Waals surface area contributed by atoms with Gasteiger partial charge in [0.2, 0.25) is 10.0 Å². The lowest BCUT2D eigenvalue weighted by Crippen LogP contribution is -2.54. The number of nitrogens with two attached hydrogens (primary N) is 1. The van der Waals surface area contributed by atoms with Gasteiger partial charge in [0.25, 0.3) is 5.91 Å². The smallest absolute Gasteiger partial charge is 0.317 e. The van der Waals surface area contributed by atoms with Gasteiger partial charge in [0.1, 0.15) is 10.6 Å². The molecule has 1 saturated heterocycles. The van der Waals surface area contributed by atoms with Crippen LogP contribution < -0.4 is 11.1 Å². The first-order chi connectivity index (χ1) is 13.7. The number of unbranched alkanes of at least 4 members (excludes halogenated alkanes) is 3. The van der Waals surface area contributed by atoms with Gasteiger partial charge >= 0.3 is 6.03 Å². The van der Waals surface area contributed by atoms with Crippen molar-refractivity contribution < 1.29 is 18.0 Å². The summed E-state index contributed by atoms with van der Waals surface area (Å²) >= 11 is 0. The third kappa shape index (κ3) is 5.96. The van der Waals surface area contributed by atoms with Crippen LogP contribution in [0.1, 0.15) is 56.4 Å². The Morgan fingerprint density at radius 2 is 1.83 bits per heavy atom. The highest BCUT2D eigenvalue weighted by molar-refractivity contribution is 7.89. The van der Waals surface area contributed by atoms with E-state index in [9.17, 15) is 18.0 Å². The number of aryl methyl sites for hydroxylation is 1. The van der Waals surface area contributed by atoms with Gasteiger partial charge in [0.05, 0.1) is 0 Å². The molecule has 29 heavy (non-hydrogen) atoms. The van der Waals surface area contributed by atoms with Gasteiger partial charge in [-0.1, -0.05) is 32.6 Å². The minimum Gasteiger partial charge on any atom is -0.364 e. The fraction of sp³-hybridized carbons (Fsp3) is 0.684. The third-order valence-corrected chi connectivity index (χ3v) is 7.12. The Morgan fingerprint density at radius 3 is 2.38 bits per heavy atom. The average molecular weight is 428 g/mol. The molecular formula is C19H33N5O4S. The van der Waals surface area contributed by atoms with Crippen molar-refractivity contribution in [1.29, 1.82) is 0 Å². The van der Waals surface area contributed by atoms with Crippen molar-refractivity contribution in [2.45, 2.75) is 56.9 Å². The predicted octanol–water partition coefficient (Wildman–Crippen LogP) is 1.50. The number of nitrogens with zero attached hydrogens (tertiary/aromatic N) is 3. The summed E-state index contributed by atoms with van der Waals surface area (Å²) in [6.07, 6.45) is 6.97. The molecule has 9 nitrogen and oxygen atoms in total. The van der Waals surface area contributed by atoms with Crippen LogP contribution in [0.15, 0.2) is 17.2 Å². The average Bonchev–Trinajstić information content (AvgIpc) is 3.08. The number of carbonyl (C=O) groups is 2. The van der Waals surface area contributed by atoms with Gasteiger partial charge in [-0.05, 0) is 19.4 Å². The van der Waals surface area contributed by atoms with Crippen molar-refractivity contribution in [2.24, 2.45) is 12.8 Å². The number of piperazine rings is 1. The second-order valence-corrected chi connectivity index (χ2v) is 9.57. The van der Waals surface area contributed by atoms with Crippen LogP contribution in [-0.4, -0.2) is 66.3 Å².